The van der Waals surface area contributed by atoms with E-state index >= 15 is 0 Å². The lowest BCUT2D eigenvalue weighted by Crippen LogP contribution is -2.40. The molecule has 4 aliphatic rings. The van der Waals surface area contributed by atoms with Gasteiger partial charge in [0.2, 0.25) is 11.1 Å². The Labute approximate surface area is 269 Å². The Morgan fingerprint density at radius 1 is 0.696 bits per heavy atom. The van der Waals surface area contributed by atoms with Crippen LogP contribution in [0.25, 0.3) is 6.08 Å². The van der Waals surface area contributed by atoms with Gasteiger partial charge in [0.05, 0.1) is 0 Å². The molecule has 4 atom stereocenters. The first-order chi connectivity index (χ1) is 22.2. The summed E-state index contributed by atoms with van der Waals surface area (Å²) in [6.07, 6.45) is 20.2. The summed E-state index contributed by atoms with van der Waals surface area (Å²) >= 11 is 0. The molecule has 6 heteroatoms. The topological polar surface area (TPSA) is 90.4 Å². The highest BCUT2D eigenvalue weighted by molar-refractivity contribution is 5.83. The van der Waals surface area contributed by atoms with Crippen molar-refractivity contribution < 1.29 is 0 Å². The summed E-state index contributed by atoms with van der Waals surface area (Å²) in [5.74, 6) is 0.481. The Kier molecular flexibility index (Phi) is 7.47. The van der Waals surface area contributed by atoms with Crippen molar-refractivity contribution in [2.75, 3.05) is 0 Å². The second kappa shape index (κ2) is 11.5. The molecular weight excluding hydrogens is 568 g/mol. The van der Waals surface area contributed by atoms with Gasteiger partial charge in [0, 0.05) is 71.8 Å². The molecule has 0 saturated carbocycles. The van der Waals surface area contributed by atoms with Gasteiger partial charge in [-0.2, -0.15) is 0 Å². The summed E-state index contributed by atoms with van der Waals surface area (Å²) in [4.78, 5) is 41.0. The van der Waals surface area contributed by atoms with Crippen LogP contribution in [-0.2, 0) is 23.9 Å². The number of allylic oxidation sites excluding steroid dienone is 5. The van der Waals surface area contributed by atoms with Crippen LogP contribution >= 0.6 is 0 Å². The van der Waals surface area contributed by atoms with E-state index in [0.717, 1.165) is 59.3 Å². The number of aromatic amines is 2. The summed E-state index contributed by atoms with van der Waals surface area (Å²) in [5, 5.41) is 0. The average Bonchev–Trinajstić information content (AvgIpc) is 3.01. The van der Waals surface area contributed by atoms with E-state index in [2.05, 4.69) is 92.3 Å². The molecule has 1 aromatic carbocycles. The van der Waals surface area contributed by atoms with Gasteiger partial charge >= 0.3 is 0 Å². The number of rotatable bonds is 5. The summed E-state index contributed by atoms with van der Waals surface area (Å²) in [6.45, 7) is 8.55. The third-order valence-corrected chi connectivity index (χ3v) is 10.2. The second-order valence-corrected chi connectivity index (χ2v) is 13.2. The van der Waals surface area contributed by atoms with Crippen LogP contribution < -0.4 is 11.1 Å². The van der Waals surface area contributed by atoms with Crippen LogP contribution in [0.15, 0.2) is 121 Å². The number of fused-ring (bicyclic) bond motifs is 8. The van der Waals surface area contributed by atoms with Gasteiger partial charge in [-0.1, -0.05) is 65.8 Å². The van der Waals surface area contributed by atoms with E-state index in [4.69, 9.17) is 9.98 Å². The standard InChI is InChI=1S/C40H40N4O2/c1-5-31-29-18-25(3)22-39(31,33-13-15-37(45)43-35(33)20-29)41-17-7-8-27-9-11-28(12-10-27)24-42-40-23-26(4)19-30(32(40)6-2)21-36-34(40)14-16-38(46)44-36/h5-19,24,29-30H,20-23H2,1-4H3,(H,43,45)(H,44,46)/b8-7+,31-5+,32-6+,41-17?,42-24?. The monoisotopic (exact) mass is 608 g/mol. The Bertz CT molecular complexity index is 2050. The first-order valence-electron chi connectivity index (χ1n) is 16.2. The first-order valence-corrected chi connectivity index (χ1v) is 16.2. The molecule has 0 aliphatic heterocycles. The minimum atomic E-state index is -0.507. The van der Waals surface area contributed by atoms with Crippen LogP contribution in [0, 0.1) is 11.8 Å². The summed E-state index contributed by atoms with van der Waals surface area (Å²) in [5.41, 5.74) is 10.4. The minimum Gasteiger partial charge on any atom is -0.326 e. The molecule has 2 aromatic heterocycles. The van der Waals surface area contributed by atoms with Crippen LogP contribution in [0.1, 0.15) is 74.2 Å². The van der Waals surface area contributed by atoms with Crippen molar-refractivity contribution in [2.24, 2.45) is 21.8 Å². The molecule has 6 nitrogen and oxygen atoms in total. The van der Waals surface area contributed by atoms with E-state index in [1.165, 1.54) is 22.3 Å². The van der Waals surface area contributed by atoms with Crippen molar-refractivity contribution in [2.45, 2.75) is 64.5 Å². The summed E-state index contributed by atoms with van der Waals surface area (Å²) < 4.78 is 0. The maximum atomic E-state index is 12.2. The van der Waals surface area contributed by atoms with Crippen molar-refractivity contribution in [3.8, 4) is 0 Å². The first kappa shape index (κ1) is 29.8. The summed E-state index contributed by atoms with van der Waals surface area (Å²) in [7, 11) is 0. The van der Waals surface area contributed by atoms with Crippen LogP contribution in [0.5, 0.6) is 0 Å². The Balaban J connectivity index is 1.15. The lowest BCUT2D eigenvalue weighted by molar-refractivity contribution is 0.413. The van der Waals surface area contributed by atoms with Gasteiger partial charge in [0.25, 0.3) is 0 Å². The van der Waals surface area contributed by atoms with Crippen LogP contribution in [0.4, 0.5) is 0 Å². The number of benzene rings is 1. The predicted octanol–water partition coefficient (Wildman–Crippen LogP) is 7.29. The van der Waals surface area contributed by atoms with Gasteiger partial charge in [-0.3, -0.25) is 19.6 Å². The molecule has 0 amide bonds. The third kappa shape index (κ3) is 4.97. The Hall–Kier alpha value is -4.84. The molecule has 0 saturated heterocycles. The fourth-order valence-corrected chi connectivity index (χ4v) is 8.51. The number of aliphatic imine (C=N–C) groups is 2. The van der Waals surface area contributed by atoms with Gasteiger partial charge in [0.1, 0.15) is 11.1 Å². The number of nitrogens with zero attached hydrogens (tertiary/aromatic N) is 2. The van der Waals surface area contributed by atoms with Gasteiger partial charge < -0.3 is 9.97 Å². The van der Waals surface area contributed by atoms with E-state index in [-0.39, 0.29) is 23.0 Å². The molecule has 0 radical (unpaired) electrons. The fraction of sp³-hybridized carbons (Fsp3) is 0.300. The molecule has 2 heterocycles. The van der Waals surface area contributed by atoms with Crippen LogP contribution in [-0.4, -0.2) is 22.4 Å². The molecular formula is C40H40N4O2. The van der Waals surface area contributed by atoms with Crippen molar-refractivity contribution in [1.82, 2.24) is 9.97 Å². The third-order valence-electron chi connectivity index (χ3n) is 10.2. The molecule has 4 bridgehead atoms. The van der Waals surface area contributed by atoms with E-state index in [9.17, 15) is 9.59 Å². The largest absolute Gasteiger partial charge is 0.326 e. The number of nitrogens with one attached hydrogen (secondary N) is 2. The minimum absolute atomic E-state index is 0.0639. The van der Waals surface area contributed by atoms with Gasteiger partial charge in [0.15, 0.2) is 0 Å². The molecule has 7 rings (SSSR count). The molecule has 232 valence electrons. The Morgan fingerprint density at radius 3 is 1.72 bits per heavy atom. The highest BCUT2D eigenvalue weighted by Crippen LogP contribution is 2.53. The lowest BCUT2D eigenvalue weighted by Gasteiger charge is -2.45. The quantitative estimate of drug-likeness (QED) is 0.235. The molecule has 46 heavy (non-hydrogen) atoms. The normalized spacial score (nSPS) is 28.5. The zero-order chi connectivity index (χ0) is 32.1. The SMILES string of the molecule is C/C=C1\C2C=C(C)CC1(N=C/C=C/c1ccc(C=NC34CC(C)=CC(Cc5[nH]c(=O)ccc53)/C4=C\C)cc1)c1ccc(=O)[nH]c1C2. The van der Waals surface area contributed by atoms with Crippen LogP contribution in [0.3, 0.4) is 0 Å². The van der Waals surface area contributed by atoms with E-state index in [1.807, 2.05) is 30.6 Å². The molecule has 4 aliphatic carbocycles. The van der Waals surface area contributed by atoms with E-state index < -0.39 is 11.1 Å². The molecule has 2 N–H and O–H groups in total. The zero-order valence-electron chi connectivity index (χ0n) is 26.9. The number of pyridine rings is 2. The number of H-pyrrole nitrogens is 2. The maximum absolute atomic E-state index is 12.2. The molecule has 0 fully saturated rings. The zero-order valence-corrected chi connectivity index (χ0v) is 26.9. The van der Waals surface area contributed by atoms with E-state index in [1.54, 1.807) is 12.1 Å². The van der Waals surface area contributed by atoms with Crippen molar-refractivity contribution in [1.29, 1.82) is 0 Å². The van der Waals surface area contributed by atoms with Crippen LogP contribution in [0.2, 0.25) is 0 Å². The lowest BCUT2D eigenvalue weighted by atomic mass is 9.63. The highest BCUT2D eigenvalue weighted by atomic mass is 16.1. The molecule has 4 unspecified atom stereocenters. The van der Waals surface area contributed by atoms with Gasteiger partial charge in [-0.05, 0) is 81.0 Å². The smallest absolute Gasteiger partial charge is 0.248 e. The Morgan fingerprint density at radius 2 is 1.20 bits per heavy atom. The second-order valence-electron chi connectivity index (χ2n) is 13.2. The predicted molar refractivity (Wildman–Crippen MR) is 188 cm³/mol. The summed E-state index contributed by atoms with van der Waals surface area (Å²) in [6, 6.07) is 15.6. The molecule has 0 spiro atoms. The number of hydrogen-bond acceptors (Lipinski definition) is 4. The fourth-order valence-electron chi connectivity index (χ4n) is 8.51. The van der Waals surface area contributed by atoms with Crippen molar-refractivity contribution in [3.63, 3.8) is 0 Å². The van der Waals surface area contributed by atoms with Crippen molar-refractivity contribution in [3.05, 3.63) is 156 Å². The van der Waals surface area contributed by atoms with Gasteiger partial charge in [-0.15, -0.1) is 0 Å². The van der Waals surface area contributed by atoms with Crippen molar-refractivity contribution >= 4 is 18.5 Å². The number of aromatic nitrogens is 2. The molecule has 3 aromatic rings. The van der Waals surface area contributed by atoms with E-state index in [0.29, 0.717) is 0 Å². The highest BCUT2D eigenvalue weighted by Gasteiger charge is 2.47. The average molecular weight is 609 g/mol. The maximum Gasteiger partial charge on any atom is 0.248 e. The van der Waals surface area contributed by atoms with Gasteiger partial charge in [-0.25, -0.2) is 0 Å². The number of hydrogen-bond donors (Lipinski definition) is 2.